The molecule has 0 amide bonds. The highest BCUT2D eigenvalue weighted by Crippen LogP contribution is 2.46. The highest BCUT2D eigenvalue weighted by atomic mass is 16.5. The summed E-state index contributed by atoms with van der Waals surface area (Å²) in [5.74, 6) is 1.59. The molecule has 8 aromatic carbocycles. The smallest absolute Gasteiger partial charge is 0.127 e. The van der Waals surface area contributed by atoms with Crippen LogP contribution in [0.25, 0.3) is 88.4 Å². The molecule has 54 heavy (non-hydrogen) atoms. The fourth-order valence-corrected chi connectivity index (χ4v) is 7.79. The van der Waals surface area contributed by atoms with Crippen LogP contribution in [0, 0.1) is 0 Å². The molecule has 0 atom stereocenters. The number of hydrogen-bond acceptors (Lipinski definition) is 4. The summed E-state index contributed by atoms with van der Waals surface area (Å²) in [5, 5.41) is 4.43. The van der Waals surface area contributed by atoms with E-state index in [2.05, 4.69) is 140 Å². The van der Waals surface area contributed by atoms with E-state index in [4.69, 9.17) is 9.47 Å². The van der Waals surface area contributed by atoms with Crippen molar-refractivity contribution in [1.29, 1.82) is 0 Å². The van der Waals surface area contributed by atoms with Crippen molar-refractivity contribution in [1.82, 2.24) is 19.1 Å². The SMILES string of the molecule is COc1ccc2cc(-c3ccc(-n4cnc5ccccc54)cc3)ccc2c1-c1c(OC)ccc2cc(-c3ccc(-n4cnc5ccccc54)cc3)ccc12. The minimum atomic E-state index is 0.796. The molecule has 258 valence electrons. The van der Waals surface area contributed by atoms with Gasteiger partial charge >= 0.3 is 0 Å². The van der Waals surface area contributed by atoms with Crippen LogP contribution in [-0.2, 0) is 0 Å². The fraction of sp³-hybridized carbons (Fsp3) is 0.0417. The summed E-state index contributed by atoms with van der Waals surface area (Å²) in [4.78, 5) is 9.13. The molecule has 6 heteroatoms. The second kappa shape index (κ2) is 12.8. The predicted octanol–water partition coefficient (Wildman–Crippen LogP) is 11.7. The summed E-state index contributed by atoms with van der Waals surface area (Å²) in [5.41, 5.74) is 12.9. The molecule has 0 N–H and O–H groups in total. The standard InChI is InChI=1S/C48H34N4O2/c1-53-45-25-17-35-27-33(31-11-19-37(20-12-31)51-29-49-41-7-3-5-9-43(41)51)15-23-39(35)47(45)48-40-24-16-34(28-36(40)18-26-46(48)54-2)32-13-21-38(22-14-32)52-30-50-42-8-4-6-10-44(42)52/h3-30H,1-2H3. The average molecular weight is 699 g/mol. The van der Waals surface area contributed by atoms with E-state index in [1.165, 1.54) is 0 Å². The van der Waals surface area contributed by atoms with Crippen molar-refractivity contribution in [2.45, 2.75) is 0 Å². The zero-order valence-electron chi connectivity index (χ0n) is 29.8. The number of imidazole rings is 2. The molecular formula is C48H34N4O2. The van der Waals surface area contributed by atoms with Gasteiger partial charge in [0, 0.05) is 22.5 Å². The summed E-state index contributed by atoms with van der Waals surface area (Å²) in [7, 11) is 3.46. The first-order valence-corrected chi connectivity index (χ1v) is 17.9. The lowest BCUT2D eigenvalue weighted by atomic mass is 9.90. The zero-order valence-corrected chi connectivity index (χ0v) is 29.8. The molecule has 0 radical (unpaired) electrons. The van der Waals surface area contributed by atoms with Gasteiger partial charge in [-0.1, -0.05) is 84.9 Å². The summed E-state index contributed by atoms with van der Waals surface area (Å²) in [6, 6.07) is 55.4. The van der Waals surface area contributed by atoms with Gasteiger partial charge in [0.1, 0.15) is 24.2 Å². The first-order chi connectivity index (χ1) is 26.7. The van der Waals surface area contributed by atoms with Gasteiger partial charge in [-0.2, -0.15) is 0 Å². The van der Waals surface area contributed by atoms with Gasteiger partial charge in [0.15, 0.2) is 0 Å². The van der Waals surface area contributed by atoms with Crippen LogP contribution in [0.15, 0.2) is 170 Å². The van der Waals surface area contributed by atoms with E-state index in [1.54, 1.807) is 14.2 Å². The van der Waals surface area contributed by atoms with E-state index in [1.807, 2.05) is 49.1 Å². The van der Waals surface area contributed by atoms with Gasteiger partial charge in [0.25, 0.3) is 0 Å². The Morgan fingerprint density at radius 2 is 0.815 bits per heavy atom. The van der Waals surface area contributed by atoms with Crippen LogP contribution >= 0.6 is 0 Å². The number of benzene rings is 8. The molecule has 2 aromatic heterocycles. The quantitative estimate of drug-likeness (QED) is 0.166. The van der Waals surface area contributed by atoms with Crippen molar-refractivity contribution in [3.8, 4) is 56.3 Å². The first kappa shape index (κ1) is 31.5. The second-order valence-corrected chi connectivity index (χ2v) is 13.5. The zero-order chi connectivity index (χ0) is 36.2. The maximum Gasteiger partial charge on any atom is 0.127 e. The molecule has 10 aromatic rings. The van der Waals surface area contributed by atoms with Crippen LogP contribution < -0.4 is 9.47 Å². The largest absolute Gasteiger partial charge is 0.496 e. The fourth-order valence-electron chi connectivity index (χ4n) is 7.79. The maximum absolute atomic E-state index is 6.04. The molecule has 0 saturated carbocycles. The van der Waals surface area contributed by atoms with Gasteiger partial charge in [-0.3, -0.25) is 9.13 Å². The van der Waals surface area contributed by atoms with E-state index >= 15 is 0 Å². The Kier molecular flexibility index (Phi) is 7.47. The Balaban J connectivity index is 1.02. The van der Waals surface area contributed by atoms with Gasteiger partial charge in [-0.25, -0.2) is 9.97 Å². The van der Waals surface area contributed by atoms with E-state index in [-0.39, 0.29) is 0 Å². The molecule has 2 heterocycles. The molecule has 0 fully saturated rings. The molecule has 0 aliphatic heterocycles. The van der Waals surface area contributed by atoms with Crippen molar-refractivity contribution >= 4 is 43.6 Å². The van der Waals surface area contributed by atoms with E-state index in [0.29, 0.717) is 0 Å². The number of methoxy groups -OCH3 is 2. The van der Waals surface area contributed by atoms with Gasteiger partial charge in [0.2, 0.25) is 0 Å². The number of para-hydroxylation sites is 4. The lowest BCUT2D eigenvalue weighted by molar-refractivity contribution is 0.411. The van der Waals surface area contributed by atoms with Crippen molar-refractivity contribution in [3.63, 3.8) is 0 Å². The third-order valence-corrected chi connectivity index (χ3v) is 10.5. The van der Waals surface area contributed by atoms with Gasteiger partial charge in [-0.05, 0) is 117 Å². The summed E-state index contributed by atoms with van der Waals surface area (Å²) in [6.45, 7) is 0. The van der Waals surface area contributed by atoms with Gasteiger partial charge < -0.3 is 9.47 Å². The summed E-state index contributed by atoms with van der Waals surface area (Å²) >= 11 is 0. The average Bonchev–Trinajstić information content (AvgIpc) is 3.88. The third-order valence-electron chi connectivity index (χ3n) is 10.5. The summed E-state index contributed by atoms with van der Waals surface area (Å²) in [6.07, 6.45) is 3.77. The highest BCUT2D eigenvalue weighted by Gasteiger charge is 2.19. The highest BCUT2D eigenvalue weighted by molar-refractivity contribution is 6.11. The lowest BCUT2D eigenvalue weighted by Crippen LogP contribution is -1.95. The van der Waals surface area contributed by atoms with Crippen molar-refractivity contribution in [2.75, 3.05) is 14.2 Å². The molecule has 0 bridgehead atoms. The number of ether oxygens (including phenoxy) is 2. The molecule has 0 spiro atoms. The van der Waals surface area contributed by atoms with Crippen LogP contribution in [0.1, 0.15) is 0 Å². The molecule has 10 rings (SSSR count). The van der Waals surface area contributed by atoms with Gasteiger partial charge in [0.05, 0.1) is 36.3 Å². The Bertz CT molecular complexity index is 2810. The van der Waals surface area contributed by atoms with Crippen LogP contribution in [-0.4, -0.2) is 33.3 Å². The lowest BCUT2D eigenvalue weighted by Gasteiger charge is -2.18. The maximum atomic E-state index is 6.04. The van der Waals surface area contributed by atoms with Crippen molar-refractivity contribution in [3.05, 3.63) is 170 Å². The van der Waals surface area contributed by atoms with Crippen molar-refractivity contribution < 1.29 is 9.47 Å². The second-order valence-electron chi connectivity index (χ2n) is 13.5. The minimum absolute atomic E-state index is 0.796. The monoisotopic (exact) mass is 698 g/mol. The predicted molar refractivity (Wildman–Crippen MR) is 220 cm³/mol. The normalized spacial score (nSPS) is 11.5. The minimum Gasteiger partial charge on any atom is -0.496 e. The molecule has 0 aliphatic rings. The molecule has 0 unspecified atom stereocenters. The van der Waals surface area contributed by atoms with Crippen LogP contribution in [0.2, 0.25) is 0 Å². The van der Waals surface area contributed by atoms with Crippen molar-refractivity contribution in [2.24, 2.45) is 0 Å². The summed E-state index contributed by atoms with van der Waals surface area (Å²) < 4.78 is 16.3. The van der Waals surface area contributed by atoms with Crippen LogP contribution in [0.3, 0.4) is 0 Å². The molecule has 0 aliphatic carbocycles. The Morgan fingerprint density at radius 3 is 1.24 bits per heavy atom. The number of aromatic nitrogens is 4. The molecule has 0 saturated heterocycles. The first-order valence-electron chi connectivity index (χ1n) is 17.9. The van der Waals surface area contributed by atoms with E-state index in [9.17, 15) is 0 Å². The van der Waals surface area contributed by atoms with E-state index in [0.717, 1.165) is 99.9 Å². The Morgan fingerprint density at radius 1 is 0.407 bits per heavy atom. The number of fused-ring (bicyclic) bond motifs is 4. The topological polar surface area (TPSA) is 54.1 Å². The number of rotatable bonds is 7. The van der Waals surface area contributed by atoms with Gasteiger partial charge in [-0.15, -0.1) is 0 Å². The Hall–Kier alpha value is -7.18. The molecule has 6 nitrogen and oxygen atoms in total. The molecular weight excluding hydrogens is 665 g/mol. The number of nitrogens with zero attached hydrogens (tertiary/aromatic N) is 4. The van der Waals surface area contributed by atoms with E-state index < -0.39 is 0 Å². The Labute approximate surface area is 312 Å². The van der Waals surface area contributed by atoms with Crippen LogP contribution in [0.5, 0.6) is 11.5 Å². The number of hydrogen-bond donors (Lipinski definition) is 0. The van der Waals surface area contributed by atoms with Crippen LogP contribution in [0.4, 0.5) is 0 Å². The third kappa shape index (κ3) is 5.19.